The molecule has 5 rings (SSSR count). The average molecular weight is 571 g/mol. The summed E-state index contributed by atoms with van der Waals surface area (Å²) in [6, 6.07) is 0.728. The first-order valence-corrected chi connectivity index (χ1v) is 13.6. The number of rotatable bonds is 7. The monoisotopic (exact) mass is 570 g/mol. The van der Waals surface area contributed by atoms with Gasteiger partial charge in [-0.1, -0.05) is 6.92 Å². The van der Waals surface area contributed by atoms with Crippen molar-refractivity contribution in [2.75, 3.05) is 52.8 Å². The third kappa shape index (κ3) is 4.23. The van der Waals surface area contributed by atoms with Gasteiger partial charge in [-0.2, -0.15) is 0 Å². The number of likely N-dealkylation sites (N-methyl/N-ethyl adjacent to an activating group) is 1. The second kappa shape index (κ2) is 9.83. The van der Waals surface area contributed by atoms with Crippen LogP contribution >= 0.6 is 0 Å². The molecule has 7 N–H and O–H groups in total. The molecule has 1 aromatic carbocycles. The largest absolute Gasteiger partial charge is 0.508 e. The summed E-state index contributed by atoms with van der Waals surface area (Å²) in [6.45, 7) is 4.32. The molecule has 1 heterocycles. The minimum Gasteiger partial charge on any atom is -0.508 e. The van der Waals surface area contributed by atoms with Gasteiger partial charge in [0.2, 0.25) is 5.78 Å². The molecule has 2 fully saturated rings. The van der Waals surface area contributed by atoms with Crippen molar-refractivity contribution < 1.29 is 39.5 Å². The number of nitrogens with zero attached hydrogens (tertiary/aromatic N) is 2. The Kier molecular flexibility index (Phi) is 6.97. The van der Waals surface area contributed by atoms with Gasteiger partial charge >= 0.3 is 0 Å². The lowest BCUT2D eigenvalue weighted by Gasteiger charge is -2.50. The van der Waals surface area contributed by atoms with E-state index < -0.39 is 58.0 Å². The van der Waals surface area contributed by atoms with Crippen LogP contribution in [0, 0.1) is 17.3 Å². The Morgan fingerprint density at radius 3 is 2.37 bits per heavy atom. The number of ether oxygens (including phenoxy) is 1. The molecule has 41 heavy (non-hydrogen) atoms. The molecule has 1 saturated heterocycles. The van der Waals surface area contributed by atoms with E-state index in [4.69, 9.17) is 10.5 Å². The van der Waals surface area contributed by atoms with Crippen molar-refractivity contribution in [1.29, 1.82) is 0 Å². The first-order chi connectivity index (χ1) is 19.1. The average Bonchev–Trinajstić information content (AvgIpc) is 2.85. The zero-order valence-corrected chi connectivity index (χ0v) is 23.9. The number of anilines is 1. The number of amides is 1. The van der Waals surface area contributed by atoms with E-state index >= 15 is 0 Å². The summed E-state index contributed by atoms with van der Waals surface area (Å²) in [5.74, 6) is -6.59. The number of carbonyl (C=O) groups excluding carboxylic acids is 3. The number of primary amides is 1. The molecular weight excluding hydrogens is 532 g/mol. The normalized spacial score (nSPS) is 28.7. The number of ketones is 2. The Morgan fingerprint density at radius 1 is 1.17 bits per heavy atom. The molecule has 0 bridgehead atoms. The zero-order valence-electron chi connectivity index (χ0n) is 23.9. The predicted molar refractivity (Wildman–Crippen MR) is 149 cm³/mol. The summed E-state index contributed by atoms with van der Waals surface area (Å²) < 4.78 is 5.31. The van der Waals surface area contributed by atoms with Crippen molar-refractivity contribution in [3.63, 3.8) is 0 Å². The van der Waals surface area contributed by atoms with E-state index in [1.165, 1.54) is 4.90 Å². The summed E-state index contributed by atoms with van der Waals surface area (Å²) in [5.41, 5.74) is 3.70. The van der Waals surface area contributed by atoms with Gasteiger partial charge in [0.05, 0.1) is 24.8 Å². The van der Waals surface area contributed by atoms with Crippen LogP contribution in [0.5, 0.6) is 5.75 Å². The molecule has 12 heteroatoms. The molecule has 0 unspecified atom stereocenters. The van der Waals surface area contributed by atoms with Crippen LogP contribution in [0.2, 0.25) is 0 Å². The van der Waals surface area contributed by atoms with Crippen molar-refractivity contribution in [2.24, 2.45) is 23.0 Å². The van der Waals surface area contributed by atoms with Gasteiger partial charge in [0, 0.05) is 55.3 Å². The van der Waals surface area contributed by atoms with Crippen molar-refractivity contribution in [3.05, 3.63) is 39.7 Å². The first-order valence-electron chi connectivity index (χ1n) is 13.6. The maximum Gasteiger partial charge on any atom is 0.255 e. The van der Waals surface area contributed by atoms with E-state index in [-0.39, 0.29) is 35.1 Å². The van der Waals surface area contributed by atoms with Crippen LogP contribution in [-0.4, -0.2) is 102 Å². The van der Waals surface area contributed by atoms with Crippen LogP contribution in [0.15, 0.2) is 23.0 Å². The molecule has 0 radical (unpaired) electrons. The Balaban J connectivity index is 1.63. The van der Waals surface area contributed by atoms with Gasteiger partial charge < -0.3 is 41.1 Å². The number of carbonyl (C=O) groups is 3. The van der Waals surface area contributed by atoms with Crippen molar-refractivity contribution in [1.82, 2.24) is 10.2 Å². The van der Waals surface area contributed by atoms with Crippen LogP contribution in [0.1, 0.15) is 30.0 Å². The maximum atomic E-state index is 14.1. The van der Waals surface area contributed by atoms with E-state index in [9.17, 15) is 34.8 Å². The molecule has 12 nitrogen and oxygen atoms in total. The van der Waals surface area contributed by atoms with Crippen molar-refractivity contribution in [2.45, 2.75) is 38.0 Å². The van der Waals surface area contributed by atoms with E-state index in [1.807, 2.05) is 25.1 Å². The van der Waals surface area contributed by atoms with Crippen LogP contribution in [0.25, 0.3) is 5.76 Å². The molecule has 1 saturated carbocycles. The number of Topliss-reactive ketones (excluding diaryl/α,β-unsaturated/α-hetero) is 2. The summed E-state index contributed by atoms with van der Waals surface area (Å²) in [6.07, 6.45) is 0.280. The predicted octanol–water partition coefficient (Wildman–Crippen LogP) is 0.156. The molecule has 1 amide bonds. The number of phenolic OH excluding ortho intramolecular Hbond substituents is 1. The summed E-state index contributed by atoms with van der Waals surface area (Å²) in [4.78, 5) is 42.8. The van der Waals surface area contributed by atoms with Crippen LogP contribution in [0.3, 0.4) is 0 Å². The zero-order chi connectivity index (χ0) is 30.2. The number of aliphatic hydroxyl groups excluding tert-OH is 2. The fourth-order valence-electron chi connectivity index (χ4n) is 6.93. The van der Waals surface area contributed by atoms with Crippen molar-refractivity contribution >= 4 is 28.9 Å². The van der Waals surface area contributed by atoms with Gasteiger partial charge in [-0.15, -0.1) is 0 Å². The van der Waals surface area contributed by atoms with Gasteiger partial charge in [0.25, 0.3) is 5.91 Å². The Morgan fingerprint density at radius 2 is 1.83 bits per heavy atom. The quantitative estimate of drug-likeness (QED) is 0.245. The lowest BCUT2D eigenvalue weighted by Crippen LogP contribution is -2.65. The van der Waals surface area contributed by atoms with E-state index in [2.05, 4.69) is 12.2 Å². The van der Waals surface area contributed by atoms with Gasteiger partial charge in [-0.3, -0.25) is 19.3 Å². The molecule has 4 aliphatic rings. The number of aliphatic hydroxyl groups is 3. The fraction of sp³-hybridized carbons (Fsp3) is 0.552. The minimum atomic E-state index is -2.66. The highest BCUT2D eigenvalue weighted by atomic mass is 16.5. The highest BCUT2D eigenvalue weighted by molar-refractivity contribution is 6.24. The number of hydrogen-bond donors (Lipinski definition) is 6. The molecule has 0 spiro atoms. The fourth-order valence-corrected chi connectivity index (χ4v) is 6.93. The summed E-state index contributed by atoms with van der Waals surface area (Å²) in [5, 5.41) is 49.1. The second-order valence-electron chi connectivity index (χ2n) is 12.5. The van der Waals surface area contributed by atoms with Gasteiger partial charge in [-0.25, -0.2) is 0 Å². The first kappa shape index (κ1) is 29.1. The van der Waals surface area contributed by atoms with Gasteiger partial charge in [0.1, 0.15) is 22.8 Å². The third-order valence-electron chi connectivity index (χ3n) is 9.03. The number of phenols is 1. The van der Waals surface area contributed by atoms with E-state index in [0.29, 0.717) is 37.4 Å². The number of fused-ring (bicyclic) bond motifs is 3. The summed E-state index contributed by atoms with van der Waals surface area (Å²) >= 11 is 0. The number of nitrogens with two attached hydrogens (primary N) is 1. The number of aromatic hydroxyl groups is 1. The minimum absolute atomic E-state index is 0.00285. The number of benzene rings is 1. The molecule has 1 aromatic rings. The highest BCUT2D eigenvalue weighted by Crippen LogP contribution is 2.54. The second-order valence-corrected chi connectivity index (χ2v) is 12.5. The lowest BCUT2D eigenvalue weighted by molar-refractivity contribution is -0.153. The maximum absolute atomic E-state index is 14.1. The molecule has 1 aliphatic heterocycles. The smallest absolute Gasteiger partial charge is 0.255 e. The highest BCUT2D eigenvalue weighted by Gasteiger charge is 2.64. The topological polar surface area (TPSA) is 186 Å². The molecular formula is C29H38N4O8. The van der Waals surface area contributed by atoms with E-state index in [0.717, 1.165) is 5.69 Å². The molecule has 4 atom stereocenters. The van der Waals surface area contributed by atoms with Crippen LogP contribution in [0.4, 0.5) is 5.69 Å². The summed E-state index contributed by atoms with van der Waals surface area (Å²) in [7, 11) is 6.83. The van der Waals surface area contributed by atoms with Crippen LogP contribution in [-0.2, 0) is 32.1 Å². The molecule has 222 valence electrons. The SMILES string of the molecule is CN(C)c1cc(CNCC2(C)COC2)c(O)c2c1C[C@H]1C[C@H]3[C@H](N(C)C)C(=O)C(C(N)=O)=C(O)[C@@]3(O)C(=O)C1=C2O. The molecule has 3 aliphatic carbocycles. The Labute approximate surface area is 238 Å². The van der Waals surface area contributed by atoms with E-state index in [1.54, 1.807) is 14.1 Å². The number of hydrogen-bond acceptors (Lipinski definition) is 11. The van der Waals surface area contributed by atoms with Crippen LogP contribution < -0.4 is 16.0 Å². The third-order valence-corrected chi connectivity index (χ3v) is 9.03. The Bertz CT molecular complexity index is 1410. The van der Waals surface area contributed by atoms with Gasteiger partial charge in [-0.05, 0) is 44.5 Å². The molecule has 0 aromatic heterocycles. The van der Waals surface area contributed by atoms with Gasteiger partial charge in [0.15, 0.2) is 11.4 Å². The number of nitrogens with one attached hydrogen (secondary N) is 1. The Hall–Kier alpha value is -3.45. The van der Waals surface area contributed by atoms with Crippen molar-refractivity contribution in [3.8, 4) is 5.75 Å². The lowest BCUT2D eigenvalue weighted by atomic mass is 9.57. The standard InChI is InChI=1S/C29H38N4O8/c1-28(11-41-12-28)10-31-9-14-8-17(32(2)3)15-6-13-7-16-21(33(4)5)24(36)20(27(30)39)26(38)29(16,40)25(37)18(13)23(35)19(15)22(14)34/h8,13,16,21,31,34-35,38,40H,6-7,9-12H2,1-5H3,(H2,30,39)/t13-,16-,21-,29-/m0/s1.